The molecule has 1 heterocycles. The van der Waals surface area contributed by atoms with E-state index in [1.54, 1.807) is 19.1 Å². The van der Waals surface area contributed by atoms with Crippen molar-refractivity contribution in [1.82, 2.24) is 5.32 Å². The number of alkyl halides is 3. The second-order valence-corrected chi connectivity index (χ2v) is 7.02. The summed E-state index contributed by atoms with van der Waals surface area (Å²) in [5.74, 6) is -2.42. The van der Waals surface area contributed by atoms with Crippen LogP contribution in [0.25, 0.3) is 0 Å². The molecule has 1 fully saturated rings. The third-order valence-electron chi connectivity index (χ3n) is 4.17. The fourth-order valence-corrected chi connectivity index (χ4v) is 3.59. The molecule has 22 heavy (non-hydrogen) atoms. The number of nitrogens with one attached hydrogen (secondary N) is 1. The number of hydrogen-bond acceptors (Lipinski definition) is 3. The Hall–Kier alpha value is -1.08. The zero-order valence-corrected chi connectivity index (χ0v) is 13.1. The Balaban J connectivity index is 1.89. The van der Waals surface area contributed by atoms with Gasteiger partial charge in [0.2, 0.25) is 5.91 Å². The molecule has 0 saturated heterocycles. The predicted octanol–water partition coefficient (Wildman–Crippen LogP) is 3.44. The van der Waals surface area contributed by atoms with Crippen molar-refractivity contribution in [3.05, 3.63) is 22.4 Å². The first-order valence-corrected chi connectivity index (χ1v) is 8.19. The third kappa shape index (κ3) is 4.23. The molecule has 1 aromatic rings. The summed E-state index contributed by atoms with van der Waals surface area (Å²) in [6, 6.07) is 3.56. The molecule has 124 valence electrons. The summed E-state index contributed by atoms with van der Waals surface area (Å²) in [6.07, 6.45) is -3.42. The van der Waals surface area contributed by atoms with Crippen LogP contribution in [0.1, 0.15) is 37.5 Å². The molecular formula is C15H20F3NO2S. The molecule has 0 spiro atoms. The third-order valence-corrected chi connectivity index (χ3v) is 5.29. The molecule has 1 aliphatic rings. The number of carbonyl (C=O) groups is 1. The first-order chi connectivity index (χ1) is 10.2. The average Bonchev–Trinajstić information content (AvgIpc) is 2.99. The molecule has 3 atom stereocenters. The van der Waals surface area contributed by atoms with Crippen LogP contribution in [0.5, 0.6) is 0 Å². The van der Waals surface area contributed by atoms with E-state index >= 15 is 0 Å². The Morgan fingerprint density at radius 3 is 2.77 bits per heavy atom. The van der Waals surface area contributed by atoms with Crippen molar-refractivity contribution in [2.24, 2.45) is 11.8 Å². The maximum absolute atomic E-state index is 12.8. The topological polar surface area (TPSA) is 49.3 Å². The molecule has 2 N–H and O–H groups in total. The van der Waals surface area contributed by atoms with E-state index in [0.29, 0.717) is 17.7 Å². The van der Waals surface area contributed by atoms with E-state index in [1.807, 2.05) is 5.38 Å². The molecule has 7 heteroatoms. The maximum Gasteiger partial charge on any atom is 0.391 e. The van der Waals surface area contributed by atoms with E-state index in [0.717, 1.165) is 0 Å². The highest BCUT2D eigenvalue weighted by Crippen LogP contribution is 2.40. The largest absolute Gasteiger partial charge is 0.391 e. The highest BCUT2D eigenvalue weighted by Gasteiger charge is 2.43. The minimum absolute atomic E-state index is 0.000465. The SMILES string of the molecule is CC(O)(CNC(=O)C1CCCC(C(F)(F)F)C1)c1cccs1. The summed E-state index contributed by atoms with van der Waals surface area (Å²) in [5.41, 5.74) is -1.21. The monoisotopic (exact) mass is 335 g/mol. The van der Waals surface area contributed by atoms with E-state index < -0.39 is 29.5 Å². The van der Waals surface area contributed by atoms with Gasteiger partial charge in [-0.3, -0.25) is 4.79 Å². The lowest BCUT2D eigenvalue weighted by Crippen LogP contribution is -2.42. The molecule has 1 saturated carbocycles. The fraction of sp³-hybridized carbons (Fsp3) is 0.667. The first-order valence-electron chi connectivity index (χ1n) is 7.31. The van der Waals surface area contributed by atoms with Crippen molar-refractivity contribution in [3.8, 4) is 0 Å². The predicted molar refractivity (Wildman–Crippen MR) is 78.4 cm³/mol. The number of aliphatic hydroxyl groups is 1. The van der Waals surface area contributed by atoms with Crippen molar-refractivity contribution in [2.75, 3.05) is 6.54 Å². The normalized spacial score (nSPS) is 25.5. The zero-order valence-electron chi connectivity index (χ0n) is 12.3. The summed E-state index contributed by atoms with van der Waals surface area (Å²) in [6.45, 7) is 1.58. The zero-order chi connectivity index (χ0) is 16.4. The lowest BCUT2D eigenvalue weighted by Gasteiger charge is -2.30. The quantitative estimate of drug-likeness (QED) is 0.885. The highest BCUT2D eigenvalue weighted by atomic mass is 32.1. The van der Waals surface area contributed by atoms with Gasteiger partial charge >= 0.3 is 6.18 Å². The molecule has 1 aromatic heterocycles. The Morgan fingerprint density at radius 2 is 2.18 bits per heavy atom. The van der Waals surface area contributed by atoms with Gasteiger partial charge in [0.25, 0.3) is 0 Å². The van der Waals surface area contributed by atoms with Crippen molar-refractivity contribution in [1.29, 1.82) is 0 Å². The lowest BCUT2D eigenvalue weighted by molar-refractivity contribution is -0.186. The summed E-state index contributed by atoms with van der Waals surface area (Å²) in [4.78, 5) is 12.8. The molecule has 1 aliphatic carbocycles. The van der Waals surface area contributed by atoms with Crippen LogP contribution in [0, 0.1) is 11.8 Å². The molecule has 1 amide bonds. The molecular weight excluding hydrogens is 315 g/mol. The van der Waals surface area contributed by atoms with Gasteiger partial charge in [0.1, 0.15) is 5.60 Å². The second kappa shape index (κ2) is 6.58. The van der Waals surface area contributed by atoms with Gasteiger partial charge in [-0.2, -0.15) is 13.2 Å². The van der Waals surface area contributed by atoms with Gasteiger partial charge in [-0.1, -0.05) is 12.5 Å². The van der Waals surface area contributed by atoms with Crippen LogP contribution < -0.4 is 5.32 Å². The van der Waals surface area contributed by atoms with E-state index in [1.165, 1.54) is 11.3 Å². The van der Waals surface area contributed by atoms with Crippen LogP contribution in [0.15, 0.2) is 17.5 Å². The number of carbonyl (C=O) groups excluding carboxylic acids is 1. The first kappa shape index (κ1) is 17.3. The Bertz CT molecular complexity index is 499. The van der Waals surface area contributed by atoms with Crippen molar-refractivity contribution in [3.63, 3.8) is 0 Å². The smallest absolute Gasteiger partial charge is 0.383 e. The summed E-state index contributed by atoms with van der Waals surface area (Å²) in [5, 5.41) is 14.7. The Kier molecular flexibility index (Phi) is 5.17. The second-order valence-electron chi connectivity index (χ2n) is 6.07. The van der Waals surface area contributed by atoms with Crippen LogP contribution in [0.3, 0.4) is 0 Å². The van der Waals surface area contributed by atoms with Gasteiger partial charge in [0, 0.05) is 10.8 Å². The van der Waals surface area contributed by atoms with Gasteiger partial charge in [0.05, 0.1) is 12.5 Å². The Labute approximate surface area is 131 Å². The lowest BCUT2D eigenvalue weighted by atomic mass is 9.80. The minimum Gasteiger partial charge on any atom is -0.383 e. The molecule has 2 rings (SSSR count). The number of thiophene rings is 1. The molecule has 0 aliphatic heterocycles. The van der Waals surface area contributed by atoms with Crippen molar-refractivity contribution >= 4 is 17.2 Å². The fourth-order valence-electron chi connectivity index (χ4n) is 2.80. The minimum atomic E-state index is -4.23. The van der Waals surface area contributed by atoms with E-state index in [4.69, 9.17) is 0 Å². The molecule has 0 aromatic carbocycles. The highest BCUT2D eigenvalue weighted by molar-refractivity contribution is 7.10. The van der Waals surface area contributed by atoms with Gasteiger partial charge in [-0.15, -0.1) is 11.3 Å². The molecule has 0 radical (unpaired) electrons. The van der Waals surface area contributed by atoms with Gasteiger partial charge in [-0.25, -0.2) is 0 Å². The number of hydrogen-bond donors (Lipinski definition) is 2. The molecule has 0 bridgehead atoms. The van der Waals surface area contributed by atoms with Gasteiger partial charge in [-0.05, 0) is 37.6 Å². The van der Waals surface area contributed by atoms with Gasteiger partial charge < -0.3 is 10.4 Å². The van der Waals surface area contributed by atoms with E-state index in [-0.39, 0.29) is 19.4 Å². The van der Waals surface area contributed by atoms with Gasteiger partial charge in [0.15, 0.2) is 0 Å². The number of rotatable bonds is 4. The average molecular weight is 335 g/mol. The van der Waals surface area contributed by atoms with Crippen LogP contribution in [-0.2, 0) is 10.4 Å². The summed E-state index contributed by atoms with van der Waals surface area (Å²) in [7, 11) is 0. The van der Waals surface area contributed by atoms with Crippen LogP contribution in [0.2, 0.25) is 0 Å². The molecule has 3 unspecified atom stereocenters. The number of halogens is 3. The number of amides is 1. The summed E-state index contributed by atoms with van der Waals surface area (Å²) < 4.78 is 38.3. The van der Waals surface area contributed by atoms with E-state index in [9.17, 15) is 23.1 Å². The van der Waals surface area contributed by atoms with Crippen molar-refractivity contribution < 1.29 is 23.1 Å². The van der Waals surface area contributed by atoms with E-state index in [2.05, 4.69) is 5.32 Å². The van der Waals surface area contributed by atoms with Crippen LogP contribution in [-0.4, -0.2) is 23.7 Å². The standard InChI is InChI=1S/C15H20F3NO2S/c1-14(21,12-6-3-7-22-12)9-19-13(20)10-4-2-5-11(8-10)15(16,17)18/h3,6-7,10-11,21H,2,4-5,8-9H2,1H3,(H,19,20). The maximum atomic E-state index is 12.8. The van der Waals surface area contributed by atoms with Crippen LogP contribution in [0.4, 0.5) is 13.2 Å². The van der Waals surface area contributed by atoms with Crippen LogP contribution >= 0.6 is 11.3 Å². The Morgan fingerprint density at radius 1 is 1.45 bits per heavy atom. The van der Waals surface area contributed by atoms with Crippen molar-refractivity contribution in [2.45, 2.75) is 44.4 Å². The molecule has 3 nitrogen and oxygen atoms in total. The summed E-state index contributed by atoms with van der Waals surface area (Å²) >= 11 is 1.37.